The van der Waals surface area contributed by atoms with E-state index in [1.807, 2.05) is 31.2 Å². The predicted octanol–water partition coefficient (Wildman–Crippen LogP) is 3.78. The van der Waals surface area contributed by atoms with Gasteiger partial charge in [0.05, 0.1) is 5.56 Å². The van der Waals surface area contributed by atoms with Crippen LogP contribution in [0.2, 0.25) is 0 Å². The molecule has 0 spiro atoms. The summed E-state index contributed by atoms with van der Waals surface area (Å²) in [5.74, 6) is -0.866. The van der Waals surface area contributed by atoms with Gasteiger partial charge in [-0.05, 0) is 72.3 Å². The summed E-state index contributed by atoms with van der Waals surface area (Å²) in [6.07, 6.45) is -0.870. The van der Waals surface area contributed by atoms with E-state index in [0.29, 0.717) is 11.3 Å². The highest BCUT2D eigenvalue weighted by molar-refractivity contribution is 14.1. The van der Waals surface area contributed by atoms with Crippen molar-refractivity contribution in [2.24, 2.45) is 0 Å². The van der Waals surface area contributed by atoms with Gasteiger partial charge >= 0.3 is 5.97 Å². The molecule has 2 aromatic rings. The van der Waals surface area contributed by atoms with Gasteiger partial charge in [0.2, 0.25) is 0 Å². The molecule has 5 heteroatoms. The maximum absolute atomic E-state index is 12.1. The van der Waals surface area contributed by atoms with Crippen LogP contribution in [-0.4, -0.2) is 18.0 Å². The number of carbonyl (C=O) groups excluding carboxylic acids is 2. The van der Waals surface area contributed by atoms with Crippen LogP contribution < -0.4 is 5.32 Å². The molecule has 0 heterocycles. The molecule has 0 aliphatic heterocycles. The lowest BCUT2D eigenvalue weighted by Crippen LogP contribution is -2.30. The molecule has 0 saturated heterocycles. The Morgan fingerprint density at radius 2 is 1.86 bits per heavy atom. The Labute approximate surface area is 143 Å². The highest BCUT2D eigenvalue weighted by atomic mass is 127. The first-order valence-electron chi connectivity index (χ1n) is 6.80. The molecule has 0 radical (unpaired) electrons. The monoisotopic (exact) mass is 409 g/mol. The minimum Gasteiger partial charge on any atom is -0.449 e. The molecule has 114 valence electrons. The van der Waals surface area contributed by atoms with E-state index < -0.39 is 12.1 Å². The molecule has 1 N–H and O–H groups in total. The molecule has 0 aromatic heterocycles. The lowest BCUT2D eigenvalue weighted by Gasteiger charge is -2.14. The van der Waals surface area contributed by atoms with Crippen molar-refractivity contribution >= 4 is 40.2 Å². The second-order valence-corrected chi connectivity index (χ2v) is 6.16. The van der Waals surface area contributed by atoms with E-state index in [-0.39, 0.29) is 5.91 Å². The van der Waals surface area contributed by atoms with E-state index in [2.05, 4.69) is 27.9 Å². The van der Waals surface area contributed by atoms with Gasteiger partial charge in [0.1, 0.15) is 0 Å². The summed E-state index contributed by atoms with van der Waals surface area (Å²) >= 11 is 2.12. The second-order valence-electron chi connectivity index (χ2n) is 4.92. The van der Waals surface area contributed by atoms with Gasteiger partial charge in [-0.25, -0.2) is 4.79 Å². The van der Waals surface area contributed by atoms with E-state index in [1.165, 1.54) is 0 Å². The molecule has 1 unspecified atom stereocenters. The van der Waals surface area contributed by atoms with Gasteiger partial charge in [-0.3, -0.25) is 4.79 Å². The van der Waals surface area contributed by atoms with E-state index in [4.69, 9.17) is 4.74 Å². The molecule has 4 nitrogen and oxygen atoms in total. The third kappa shape index (κ3) is 4.56. The zero-order valence-electron chi connectivity index (χ0n) is 12.3. The summed E-state index contributed by atoms with van der Waals surface area (Å²) in [6, 6.07) is 14.5. The summed E-state index contributed by atoms with van der Waals surface area (Å²) in [5, 5.41) is 2.73. The van der Waals surface area contributed by atoms with Crippen molar-refractivity contribution in [1.29, 1.82) is 0 Å². The number of amides is 1. The lowest BCUT2D eigenvalue weighted by atomic mass is 10.2. The van der Waals surface area contributed by atoms with Gasteiger partial charge in [-0.2, -0.15) is 0 Å². The molecule has 22 heavy (non-hydrogen) atoms. The summed E-state index contributed by atoms with van der Waals surface area (Å²) < 4.78 is 6.14. The van der Waals surface area contributed by atoms with E-state index >= 15 is 0 Å². The molecule has 1 amide bonds. The van der Waals surface area contributed by atoms with Gasteiger partial charge in [0, 0.05) is 9.26 Å². The Hall–Kier alpha value is -1.89. The summed E-state index contributed by atoms with van der Waals surface area (Å²) in [5.41, 5.74) is 2.16. The smallest absolute Gasteiger partial charge is 0.338 e. The number of rotatable bonds is 4. The topological polar surface area (TPSA) is 55.4 Å². The van der Waals surface area contributed by atoms with Crippen molar-refractivity contribution < 1.29 is 14.3 Å². The number of hydrogen-bond donors (Lipinski definition) is 1. The van der Waals surface area contributed by atoms with Crippen LogP contribution in [0.1, 0.15) is 22.8 Å². The van der Waals surface area contributed by atoms with E-state index in [1.54, 1.807) is 31.2 Å². The number of halogens is 1. The fourth-order valence-corrected chi connectivity index (χ4v) is 2.41. The first kappa shape index (κ1) is 16.5. The van der Waals surface area contributed by atoms with Crippen LogP contribution in [0, 0.1) is 10.5 Å². The predicted molar refractivity (Wildman–Crippen MR) is 93.8 cm³/mol. The number of hydrogen-bond acceptors (Lipinski definition) is 3. The van der Waals surface area contributed by atoms with E-state index in [0.717, 1.165) is 9.13 Å². The van der Waals surface area contributed by atoms with Gasteiger partial charge < -0.3 is 10.1 Å². The van der Waals surface area contributed by atoms with Crippen molar-refractivity contribution in [3.05, 3.63) is 63.2 Å². The van der Waals surface area contributed by atoms with Gasteiger partial charge in [-0.15, -0.1) is 0 Å². The summed E-state index contributed by atoms with van der Waals surface area (Å²) in [4.78, 5) is 24.1. The summed E-state index contributed by atoms with van der Waals surface area (Å²) in [7, 11) is 0. The van der Waals surface area contributed by atoms with Crippen molar-refractivity contribution in [3.63, 3.8) is 0 Å². The molecule has 0 saturated carbocycles. The molecule has 0 aliphatic carbocycles. The average molecular weight is 409 g/mol. The largest absolute Gasteiger partial charge is 0.449 e. The van der Waals surface area contributed by atoms with Gasteiger partial charge in [-0.1, -0.05) is 18.2 Å². The van der Waals surface area contributed by atoms with Crippen LogP contribution in [-0.2, 0) is 9.53 Å². The van der Waals surface area contributed by atoms with Crippen molar-refractivity contribution in [2.45, 2.75) is 20.0 Å². The third-order valence-corrected chi connectivity index (χ3v) is 3.67. The Balaban J connectivity index is 1.98. The molecule has 0 aliphatic rings. The Morgan fingerprint density at radius 1 is 1.14 bits per heavy atom. The third-order valence-electron chi connectivity index (χ3n) is 3.00. The minimum atomic E-state index is -0.870. The number of carbonyl (C=O) groups is 2. The number of aryl methyl sites for hydroxylation is 1. The molecular weight excluding hydrogens is 393 g/mol. The Morgan fingerprint density at radius 3 is 2.55 bits per heavy atom. The van der Waals surface area contributed by atoms with Crippen LogP contribution >= 0.6 is 22.6 Å². The highest BCUT2D eigenvalue weighted by Crippen LogP contribution is 2.12. The minimum absolute atomic E-state index is 0.357. The van der Waals surface area contributed by atoms with Crippen LogP contribution in [0.5, 0.6) is 0 Å². The Bertz CT molecular complexity index is 700. The lowest BCUT2D eigenvalue weighted by molar-refractivity contribution is -0.123. The molecule has 0 fully saturated rings. The molecule has 2 rings (SSSR count). The van der Waals surface area contributed by atoms with Crippen molar-refractivity contribution in [1.82, 2.24) is 0 Å². The van der Waals surface area contributed by atoms with Crippen molar-refractivity contribution in [3.8, 4) is 0 Å². The highest BCUT2D eigenvalue weighted by Gasteiger charge is 2.19. The SMILES string of the molecule is Cc1cccc(NC(=O)C(C)OC(=O)c2cccc(I)c2)c1. The summed E-state index contributed by atoms with van der Waals surface area (Å²) in [6.45, 7) is 3.49. The maximum Gasteiger partial charge on any atom is 0.338 e. The van der Waals surface area contributed by atoms with Crippen LogP contribution in [0.15, 0.2) is 48.5 Å². The first-order chi connectivity index (χ1) is 10.5. The standard InChI is InChI=1S/C17H16INO3/c1-11-5-3-8-15(9-11)19-16(20)12(2)22-17(21)13-6-4-7-14(18)10-13/h3-10,12H,1-2H3,(H,19,20). The zero-order chi connectivity index (χ0) is 16.1. The number of nitrogens with one attached hydrogen (secondary N) is 1. The normalized spacial score (nSPS) is 11.6. The first-order valence-corrected chi connectivity index (χ1v) is 7.87. The molecule has 0 bridgehead atoms. The Kier molecular flexibility index (Phi) is 5.54. The number of anilines is 1. The number of benzene rings is 2. The van der Waals surface area contributed by atoms with Crippen LogP contribution in [0.3, 0.4) is 0 Å². The van der Waals surface area contributed by atoms with Gasteiger partial charge in [0.25, 0.3) is 5.91 Å². The number of esters is 1. The maximum atomic E-state index is 12.1. The molecule has 2 aromatic carbocycles. The van der Waals surface area contributed by atoms with Crippen LogP contribution in [0.25, 0.3) is 0 Å². The zero-order valence-corrected chi connectivity index (χ0v) is 14.5. The molecular formula is C17H16INO3. The fourth-order valence-electron chi connectivity index (χ4n) is 1.86. The van der Waals surface area contributed by atoms with Gasteiger partial charge in [0.15, 0.2) is 6.10 Å². The molecule has 1 atom stereocenters. The fraction of sp³-hybridized carbons (Fsp3) is 0.176. The van der Waals surface area contributed by atoms with Crippen molar-refractivity contribution in [2.75, 3.05) is 5.32 Å². The quantitative estimate of drug-likeness (QED) is 0.618. The van der Waals surface area contributed by atoms with Crippen LogP contribution in [0.4, 0.5) is 5.69 Å². The van der Waals surface area contributed by atoms with E-state index in [9.17, 15) is 9.59 Å². The second kappa shape index (κ2) is 7.40. The number of ether oxygens (including phenoxy) is 1. The average Bonchev–Trinajstić information content (AvgIpc) is 2.47.